The van der Waals surface area contributed by atoms with E-state index >= 15 is 0 Å². The van der Waals surface area contributed by atoms with E-state index in [1.54, 1.807) is 23.5 Å². The minimum absolute atomic E-state index is 0.146. The summed E-state index contributed by atoms with van der Waals surface area (Å²) in [6.45, 7) is 3.14. The molecule has 0 saturated heterocycles. The van der Waals surface area contributed by atoms with E-state index in [0.29, 0.717) is 4.90 Å². The molecule has 1 aliphatic heterocycles. The van der Waals surface area contributed by atoms with Crippen molar-refractivity contribution < 1.29 is 8.42 Å². The summed E-state index contributed by atoms with van der Waals surface area (Å²) >= 11 is 0. The standard InChI is InChI=1S/C16H24N2O2S/c1-12-3-6-14(7-4-12)18(2)21(19,20)15-8-5-13-9-10-17-16(13)11-15/h5,8,11-12,14,17H,3-4,6-7,9-10H2,1-2H3. The molecule has 1 N–H and O–H groups in total. The average molecular weight is 308 g/mol. The summed E-state index contributed by atoms with van der Waals surface area (Å²) in [7, 11) is -1.65. The van der Waals surface area contributed by atoms with Crippen molar-refractivity contribution in [1.29, 1.82) is 0 Å². The Balaban J connectivity index is 1.82. The second-order valence-electron chi connectivity index (χ2n) is 6.43. The summed E-state index contributed by atoms with van der Waals surface area (Å²) < 4.78 is 27.2. The number of hydrogen-bond donors (Lipinski definition) is 1. The van der Waals surface area contributed by atoms with Crippen LogP contribution in [0.4, 0.5) is 5.69 Å². The van der Waals surface area contributed by atoms with E-state index in [1.165, 1.54) is 5.56 Å². The van der Waals surface area contributed by atoms with Gasteiger partial charge in [0.1, 0.15) is 0 Å². The van der Waals surface area contributed by atoms with Crippen LogP contribution in [0.2, 0.25) is 0 Å². The maximum Gasteiger partial charge on any atom is 0.243 e. The lowest BCUT2D eigenvalue weighted by molar-refractivity contribution is 0.246. The SMILES string of the molecule is CC1CCC(N(C)S(=O)(=O)c2ccc3c(c2)NCC3)CC1. The van der Waals surface area contributed by atoms with Crippen LogP contribution in [0, 0.1) is 5.92 Å². The summed E-state index contributed by atoms with van der Waals surface area (Å²) in [5.41, 5.74) is 2.19. The molecular formula is C16H24N2O2S. The molecule has 21 heavy (non-hydrogen) atoms. The fraction of sp³-hybridized carbons (Fsp3) is 0.625. The molecule has 5 heteroatoms. The molecule has 1 fully saturated rings. The number of benzene rings is 1. The van der Waals surface area contributed by atoms with Crippen molar-refractivity contribution >= 4 is 15.7 Å². The van der Waals surface area contributed by atoms with E-state index < -0.39 is 10.0 Å². The van der Waals surface area contributed by atoms with Crippen molar-refractivity contribution in [1.82, 2.24) is 4.31 Å². The highest BCUT2D eigenvalue weighted by atomic mass is 32.2. The second kappa shape index (κ2) is 5.61. The molecule has 0 aromatic heterocycles. The zero-order valence-corrected chi connectivity index (χ0v) is 13.6. The van der Waals surface area contributed by atoms with Gasteiger partial charge in [-0.05, 0) is 55.7 Å². The highest BCUT2D eigenvalue weighted by Gasteiger charge is 2.31. The molecule has 1 aromatic carbocycles. The molecule has 3 rings (SSSR count). The largest absolute Gasteiger partial charge is 0.384 e. The van der Waals surface area contributed by atoms with Gasteiger partial charge in [-0.15, -0.1) is 0 Å². The van der Waals surface area contributed by atoms with Gasteiger partial charge in [0.05, 0.1) is 4.90 Å². The van der Waals surface area contributed by atoms with Crippen LogP contribution >= 0.6 is 0 Å². The number of nitrogens with one attached hydrogen (secondary N) is 1. The zero-order chi connectivity index (χ0) is 15.0. The summed E-state index contributed by atoms with van der Waals surface area (Å²) in [5, 5.41) is 3.25. The molecule has 116 valence electrons. The molecule has 1 aliphatic carbocycles. The van der Waals surface area contributed by atoms with Gasteiger partial charge >= 0.3 is 0 Å². The maximum atomic E-state index is 12.8. The molecule has 0 bridgehead atoms. The Hall–Kier alpha value is -1.07. The molecule has 2 aliphatic rings. The lowest BCUT2D eigenvalue weighted by atomic mass is 9.87. The Morgan fingerprint density at radius 3 is 2.62 bits per heavy atom. The molecule has 0 radical (unpaired) electrons. The Kier molecular flexibility index (Phi) is 3.97. The highest BCUT2D eigenvalue weighted by Crippen LogP contribution is 2.31. The maximum absolute atomic E-state index is 12.8. The van der Waals surface area contributed by atoms with E-state index in [-0.39, 0.29) is 6.04 Å². The van der Waals surface area contributed by atoms with Gasteiger partial charge in [0.25, 0.3) is 0 Å². The van der Waals surface area contributed by atoms with Crippen molar-refractivity contribution in [3.8, 4) is 0 Å². The van der Waals surface area contributed by atoms with Crippen LogP contribution in [0.5, 0.6) is 0 Å². The number of rotatable bonds is 3. The minimum Gasteiger partial charge on any atom is -0.384 e. The van der Waals surface area contributed by atoms with E-state index in [9.17, 15) is 8.42 Å². The van der Waals surface area contributed by atoms with Gasteiger partial charge in [-0.1, -0.05) is 13.0 Å². The monoisotopic (exact) mass is 308 g/mol. The molecule has 4 nitrogen and oxygen atoms in total. The molecule has 1 saturated carbocycles. The first-order valence-electron chi connectivity index (χ1n) is 7.83. The van der Waals surface area contributed by atoms with Crippen molar-refractivity contribution in [3.05, 3.63) is 23.8 Å². The molecule has 0 atom stereocenters. The van der Waals surface area contributed by atoms with E-state index in [1.807, 2.05) is 6.07 Å². The number of nitrogens with zero attached hydrogens (tertiary/aromatic N) is 1. The molecule has 0 amide bonds. The first-order chi connectivity index (χ1) is 9.98. The Bertz CT molecular complexity index is 619. The lowest BCUT2D eigenvalue weighted by Gasteiger charge is -2.32. The van der Waals surface area contributed by atoms with E-state index in [4.69, 9.17) is 0 Å². The fourth-order valence-electron chi connectivity index (χ4n) is 3.40. The van der Waals surface area contributed by atoms with Gasteiger partial charge in [0, 0.05) is 25.3 Å². The van der Waals surface area contributed by atoms with Crippen molar-refractivity contribution in [2.45, 2.75) is 50.0 Å². The Morgan fingerprint density at radius 1 is 1.19 bits per heavy atom. The van der Waals surface area contributed by atoms with Crippen LogP contribution in [-0.4, -0.2) is 32.4 Å². The van der Waals surface area contributed by atoms with Gasteiger partial charge in [-0.25, -0.2) is 8.42 Å². The number of fused-ring (bicyclic) bond motifs is 1. The predicted molar refractivity (Wildman–Crippen MR) is 85.0 cm³/mol. The lowest BCUT2D eigenvalue weighted by Crippen LogP contribution is -2.39. The van der Waals surface area contributed by atoms with Crippen molar-refractivity contribution in [2.24, 2.45) is 5.92 Å². The van der Waals surface area contributed by atoms with Gasteiger partial charge < -0.3 is 5.32 Å². The van der Waals surface area contributed by atoms with Gasteiger partial charge in [0.15, 0.2) is 0 Å². The molecular weight excluding hydrogens is 284 g/mol. The van der Waals surface area contributed by atoms with Crippen LogP contribution in [0.25, 0.3) is 0 Å². The molecule has 0 spiro atoms. The normalized spacial score (nSPS) is 25.7. The van der Waals surface area contributed by atoms with Gasteiger partial charge in [0.2, 0.25) is 10.0 Å². The number of hydrogen-bond acceptors (Lipinski definition) is 3. The molecule has 0 unspecified atom stereocenters. The predicted octanol–water partition coefficient (Wildman–Crippen LogP) is 2.85. The second-order valence-corrected chi connectivity index (χ2v) is 8.43. The van der Waals surface area contributed by atoms with Crippen LogP contribution < -0.4 is 5.32 Å². The quantitative estimate of drug-likeness (QED) is 0.934. The summed E-state index contributed by atoms with van der Waals surface area (Å²) in [5.74, 6) is 0.724. The fourth-order valence-corrected chi connectivity index (χ4v) is 4.84. The summed E-state index contributed by atoms with van der Waals surface area (Å²) in [6, 6.07) is 5.63. The van der Waals surface area contributed by atoms with Gasteiger partial charge in [-0.3, -0.25) is 0 Å². The number of anilines is 1. The van der Waals surface area contributed by atoms with E-state index in [2.05, 4.69) is 12.2 Å². The highest BCUT2D eigenvalue weighted by molar-refractivity contribution is 7.89. The third kappa shape index (κ3) is 2.81. The van der Waals surface area contributed by atoms with Crippen LogP contribution in [0.1, 0.15) is 38.2 Å². The number of sulfonamides is 1. The van der Waals surface area contributed by atoms with Crippen molar-refractivity contribution in [3.63, 3.8) is 0 Å². The smallest absolute Gasteiger partial charge is 0.243 e. The van der Waals surface area contributed by atoms with Crippen LogP contribution in [-0.2, 0) is 16.4 Å². The van der Waals surface area contributed by atoms with Gasteiger partial charge in [-0.2, -0.15) is 4.31 Å². The minimum atomic E-state index is -3.38. The summed E-state index contributed by atoms with van der Waals surface area (Å²) in [6.07, 6.45) is 5.17. The third-order valence-electron chi connectivity index (χ3n) is 4.97. The molecule has 1 aromatic rings. The molecule has 1 heterocycles. The first kappa shape index (κ1) is 14.9. The van der Waals surface area contributed by atoms with Crippen LogP contribution in [0.3, 0.4) is 0 Å². The Morgan fingerprint density at radius 2 is 1.90 bits per heavy atom. The summed E-state index contributed by atoms with van der Waals surface area (Å²) in [4.78, 5) is 0.414. The van der Waals surface area contributed by atoms with E-state index in [0.717, 1.165) is 50.3 Å². The third-order valence-corrected chi connectivity index (χ3v) is 6.87. The topological polar surface area (TPSA) is 49.4 Å². The Labute approximate surface area is 127 Å². The first-order valence-corrected chi connectivity index (χ1v) is 9.27. The zero-order valence-electron chi connectivity index (χ0n) is 12.8. The average Bonchev–Trinajstić information content (AvgIpc) is 2.94. The van der Waals surface area contributed by atoms with Crippen LogP contribution in [0.15, 0.2) is 23.1 Å². The van der Waals surface area contributed by atoms with Crippen molar-refractivity contribution in [2.75, 3.05) is 18.9 Å².